The van der Waals surface area contributed by atoms with E-state index in [1.807, 2.05) is 0 Å². The van der Waals surface area contributed by atoms with Gasteiger partial charge in [0.05, 0.1) is 16.0 Å². The first-order valence-electron chi connectivity index (χ1n) is 11.7. The zero-order chi connectivity index (χ0) is 26.4. The minimum absolute atomic E-state index is 0.0200. The quantitative estimate of drug-likeness (QED) is 0.346. The molecule has 1 aliphatic rings. The molecule has 0 radical (unpaired) electrons. The van der Waals surface area contributed by atoms with Gasteiger partial charge >= 0.3 is 6.18 Å². The van der Waals surface area contributed by atoms with Crippen molar-refractivity contribution in [3.63, 3.8) is 0 Å². The Labute approximate surface area is 210 Å². The lowest BCUT2D eigenvalue weighted by Crippen LogP contribution is -2.38. The van der Waals surface area contributed by atoms with Gasteiger partial charge in [0.2, 0.25) is 10.0 Å². The summed E-state index contributed by atoms with van der Waals surface area (Å²) in [7, 11) is -4.32. The van der Waals surface area contributed by atoms with Crippen molar-refractivity contribution in [1.29, 1.82) is 0 Å². The smallest absolute Gasteiger partial charge is 0.317 e. The molecule has 2 aromatic carbocycles. The predicted molar refractivity (Wildman–Crippen MR) is 129 cm³/mol. The van der Waals surface area contributed by atoms with E-state index in [0.717, 1.165) is 25.0 Å². The minimum atomic E-state index is -4.80. The molecule has 1 aliphatic carbocycles. The lowest BCUT2D eigenvalue weighted by molar-refractivity contribution is -0.137. The van der Waals surface area contributed by atoms with Gasteiger partial charge in [-0.3, -0.25) is 4.98 Å². The largest absolute Gasteiger partial charge is 0.416 e. The fourth-order valence-electron chi connectivity index (χ4n) is 4.81. The number of aromatic nitrogens is 4. The second kappa shape index (κ2) is 9.49. The molecule has 2 heterocycles. The molecule has 37 heavy (non-hydrogen) atoms. The number of nitrogens with one attached hydrogen (secondary N) is 1. The Morgan fingerprint density at radius 1 is 1.03 bits per heavy atom. The van der Waals surface area contributed by atoms with Gasteiger partial charge in [-0.1, -0.05) is 0 Å². The average molecular weight is 534 g/mol. The average Bonchev–Trinajstić information content (AvgIpc) is 3.38. The maximum Gasteiger partial charge on any atom is 0.416 e. The second-order valence-electron chi connectivity index (χ2n) is 9.24. The SMILES string of the molecule is Cc1ccc2c(F)ccc(-c3cc(C(F)(F)F)cc(S(=O)(=O)NC4CCCC(n5cnnc5)C4)c3)c2n1. The number of hydrogen-bond donors (Lipinski definition) is 1. The van der Waals surface area contributed by atoms with E-state index >= 15 is 0 Å². The molecule has 0 saturated heterocycles. The van der Waals surface area contributed by atoms with Crippen LogP contribution in [0.25, 0.3) is 22.0 Å². The second-order valence-corrected chi connectivity index (χ2v) is 10.9. The molecule has 0 amide bonds. The van der Waals surface area contributed by atoms with Gasteiger partial charge < -0.3 is 4.57 Å². The minimum Gasteiger partial charge on any atom is -0.317 e. The molecule has 0 aliphatic heterocycles. The molecule has 4 aromatic rings. The van der Waals surface area contributed by atoms with E-state index in [4.69, 9.17) is 0 Å². The maximum atomic E-state index is 14.4. The van der Waals surface area contributed by atoms with Crippen LogP contribution >= 0.6 is 0 Å². The van der Waals surface area contributed by atoms with E-state index in [2.05, 4.69) is 19.9 Å². The third kappa shape index (κ3) is 5.21. The first-order valence-corrected chi connectivity index (χ1v) is 13.1. The number of fused-ring (bicyclic) bond motifs is 1. The van der Waals surface area contributed by atoms with Crippen molar-refractivity contribution in [2.75, 3.05) is 0 Å². The Bertz CT molecular complexity index is 1560. The van der Waals surface area contributed by atoms with E-state index < -0.39 is 38.5 Å². The van der Waals surface area contributed by atoms with E-state index in [-0.39, 0.29) is 28.1 Å². The number of hydrogen-bond acceptors (Lipinski definition) is 5. The van der Waals surface area contributed by atoms with Crippen LogP contribution in [-0.4, -0.2) is 34.2 Å². The number of sulfonamides is 1. The molecule has 2 atom stereocenters. The van der Waals surface area contributed by atoms with Crippen LogP contribution in [0, 0.1) is 12.7 Å². The van der Waals surface area contributed by atoms with Gasteiger partial charge in [-0.15, -0.1) is 10.2 Å². The molecule has 0 bridgehead atoms. The number of halogens is 4. The highest BCUT2D eigenvalue weighted by Gasteiger charge is 2.34. The Kier molecular flexibility index (Phi) is 6.48. The van der Waals surface area contributed by atoms with Crippen molar-refractivity contribution in [2.24, 2.45) is 0 Å². The van der Waals surface area contributed by atoms with Crippen molar-refractivity contribution >= 4 is 20.9 Å². The Hall–Kier alpha value is -3.38. The number of alkyl halides is 3. The van der Waals surface area contributed by atoms with Crippen LogP contribution in [0.1, 0.15) is 43.0 Å². The summed E-state index contributed by atoms with van der Waals surface area (Å²) in [6.45, 7) is 1.68. The fourth-order valence-corrected chi connectivity index (χ4v) is 6.17. The normalized spacial score (nSPS) is 18.8. The molecular weight excluding hydrogens is 510 g/mol. The van der Waals surface area contributed by atoms with Gasteiger partial charge in [-0.2, -0.15) is 13.2 Å². The Morgan fingerprint density at radius 3 is 2.51 bits per heavy atom. The third-order valence-electron chi connectivity index (χ3n) is 6.62. The van der Waals surface area contributed by atoms with Crippen molar-refractivity contribution < 1.29 is 26.0 Å². The number of benzene rings is 2. The highest BCUT2D eigenvalue weighted by Crippen LogP contribution is 2.37. The highest BCUT2D eigenvalue weighted by atomic mass is 32.2. The van der Waals surface area contributed by atoms with Gasteiger partial charge in [0.1, 0.15) is 18.5 Å². The molecule has 7 nitrogen and oxygen atoms in total. The van der Waals surface area contributed by atoms with Gasteiger partial charge in [0.25, 0.3) is 0 Å². The van der Waals surface area contributed by atoms with Crippen LogP contribution in [0.15, 0.2) is 60.0 Å². The monoisotopic (exact) mass is 533 g/mol. The van der Waals surface area contributed by atoms with Crippen LogP contribution < -0.4 is 4.72 Å². The molecule has 1 N–H and O–H groups in total. The van der Waals surface area contributed by atoms with Crippen LogP contribution in [0.2, 0.25) is 0 Å². The zero-order valence-corrected chi connectivity index (χ0v) is 20.5. The lowest BCUT2D eigenvalue weighted by Gasteiger charge is -2.30. The molecule has 5 rings (SSSR count). The van der Waals surface area contributed by atoms with Gasteiger partial charge in [-0.05, 0) is 80.6 Å². The molecule has 12 heteroatoms. The summed E-state index contributed by atoms with van der Waals surface area (Å²) >= 11 is 0. The van der Waals surface area contributed by atoms with Crippen LogP contribution in [0.5, 0.6) is 0 Å². The summed E-state index contributed by atoms with van der Waals surface area (Å²) in [6.07, 6.45) is 0.867. The third-order valence-corrected chi connectivity index (χ3v) is 8.12. The molecule has 2 unspecified atom stereocenters. The number of rotatable bonds is 5. The van der Waals surface area contributed by atoms with E-state index in [1.165, 1.54) is 18.2 Å². The summed E-state index contributed by atoms with van der Waals surface area (Å²) in [5.74, 6) is -0.576. The summed E-state index contributed by atoms with van der Waals surface area (Å²) in [5.41, 5.74) is -0.251. The van der Waals surface area contributed by atoms with Gasteiger partial charge in [-0.25, -0.2) is 17.5 Å². The Morgan fingerprint density at radius 2 is 1.78 bits per heavy atom. The summed E-state index contributed by atoms with van der Waals surface area (Å²) in [6, 6.07) is 7.71. The number of nitrogens with zero attached hydrogens (tertiary/aromatic N) is 4. The number of pyridine rings is 1. The molecule has 1 saturated carbocycles. The summed E-state index contributed by atoms with van der Waals surface area (Å²) in [5, 5.41) is 7.70. The predicted octanol–water partition coefficient (Wildman–Crippen LogP) is 5.42. The molecule has 194 valence electrons. The standard InChI is InChI=1S/C25H23F4N5O2S/c1-15-5-6-22-23(26)8-7-21(24(22)32-15)16-9-17(25(27,28)29)11-20(10-16)37(35,36)33-18-3-2-4-19(12-18)34-13-30-31-14-34/h5-11,13-14,18-19,33H,2-4,12H2,1H3. The number of aryl methyl sites for hydroxylation is 1. The van der Waals surface area contributed by atoms with Gasteiger partial charge in [0.15, 0.2) is 0 Å². The van der Waals surface area contributed by atoms with Crippen LogP contribution in [0.3, 0.4) is 0 Å². The maximum absolute atomic E-state index is 14.4. The van der Waals surface area contributed by atoms with E-state index in [9.17, 15) is 26.0 Å². The molecule has 1 fully saturated rings. The fraction of sp³-hybridized carbons (Fsp3) is 0.320. The zero-order valence-electron chi connectivity index (χ0n) is 19.7. The van der Waals surface area contributed by atoms with Crippen molar-refractivity contribution in [3.8, 4) is 11.1 Å². The first-order chi connectivity index (χ1) is 17.5. The van der Waals surface area contributed by atoms with Crippen molar-refractivity contribution in [1.82, 2.24) is 24.5 Å². The topological polar surface area (TPSA) is 89.8 Å². The highest BCUT2D eigenvalue weighted by molar-refractivity contribution is 7.89. The summed E-state index contributed by atoms with van der Waals surface area (Å²) in [4.78, 5) is 3.80. The van der Waals surface area contributed by atoms with Crippen LogP contribution in [0.4, 0.5) is 17.6 Å². The Balaban J connectivity index is 1.55. The lowest BCUT2D eigenvalue weighted by atomic mass is 9.91. The molecule has 0 spiro atoms. The van der Waals surface area contributed by atoms with Gasteiger partial charge in [0, 0.05) is 28.7 Å². The molecular formula is C25H23F4N5O2S. The van der Waals surface area contributed by atoms with E-state index in [0.29, 0.717) is 24.6 Å². The first kappa shape index (κ1) is 25.3. The van der Waals surface area contributed by atoms with Crippen molar-refractivity contribution in [3.05, 3.63) is 72.2 Å². The van der Waals surface area contributed by atoms with Crippen molar-refractivity contribution in [2.45, 2.75) is 55.8 Å². The molecule has 2 aromatic heterocycles. The summed E-state index contributed by atoms with van der Waals surface area (Å²) < 4.78 is 87.1. The van der Waals surface area contributed by atoms with E-state index in [1.54, 1.807) is 30.2 Å². The van der Waals surface area contributed by atoms with Crippen LogP contribution in [-0.2, 0) is 16.2 Å².